The first-order valence-corrected chi connectivity index (χ1v) is 9.82. The second kappa shape index (κ2) is 7.79. The van der Waals surface area contributed by atoms with Crippen LogP contribution in [0.2, 0.25) is 0 Å². The molecule has 3 rings (SSSR count). The third-order valence-electron chi connectivity index (χ3n) is 4.22. The van der Waals surface area contributed by atoms with E-state index < -0.39 is 17.3 Å². The molecule has 138 valence electrons. The monoisotopic (exact) mass is 534 g/mol. The van der Waals surface area contributed by atoms with Crippen molar-refractivity contribution >= 4 is 55.8 Å². The highest BCUT2D eigenvalue weighted by molar-refractivity contribution is 14.1. The normalized spacial score (nSPS) is 14.8. The number of hydrogen-bond acceptors (Lipinski definition) is 4. The molecule has 5 nitrogen and oxygen atoms in total. The van der Waals surface area contributed by atoms with E-state index in [-0.39, 0.29) is 16.6 Å². The SMILES string of the molecule is Cc1cc(I)ccc1Nc1cc(F)c(Br)cc1C(=O)NOC1(CO)CC1. The Morgan fingerprint density at radius 3 is 2.69 bits per heavy atom. The lowest BCUT2D eigenvalue weighted by Gasteiger charge is -2.17. The van der Waals surface area contributed by atoms with Gasteiger partial charge in [-0.1, -0.05) is 0 Å². The van der Waals surface area contributed by atoms with Gasteiger partial charge >= 0.3 is 0 Å². The summed E-state index contributed by atoms with van der Waals surface area (Å²) < 4.78 is 15.3. The van der Waals surface area contributed by atoms with E-state index in [4.69, 9.17) is 4.84 Å². The zero-order valence-corrected chi connectivity index (χ0v) is 17.6. The number of aliphatic hydroxyl groups is 1. The Morgan fingerprint density at radius 2 is 2.08 bits per heavy atom. The zero-order chi connectivity index (χ0) is 18.9. The average molecular weight is 535 g/mol. The van der Waals surface area contributed by atoms with Gasteiger partial charge in [-0.15, -0.1) is 0 Å². The summed E-state index contributed by atoms with van der Waals surface area (Å²) in [5.74, 6) is -1.00. The van der Waals surface area contributed by atoms with Crippen LogP contribution in [-0.2, 0) is 4.84 Å². The number of hydrogen-bond donors (Lipinski definition) is 3. The molecular formula is C18H17BrFIN2O3. The Balaban J connectivity index is 1.86. The second-order valence-corrected chi connectivity index (χ2v) is 8.37. The number of rotatable bonds is 6. The third kappa shape index (κ3) is 4.36. The van der Waals surface area contributed by atoms with Crippen LogP contribution in [0.1, 0.15) is 28.8 Å². The zero-order valence-electron chi connectivity index (χ0n) is 13.9. The van der Waals surface area contributed by atoms with E-state index in [1.54, 1.807) is 0 Å². The van der Waals surface area contributed by atoms with Crippen molar-refractivity contribution < 1.29 is 19.1 Å². The highest BCUT2D eigenvalue weighted by Crippen LogP contribution is 2.38. The average Bonchev–Trinajstić information content (AvgIpc) is 3.39. The molecule has 1 aliphatic rings. The Hall–Kier alpha value is -1.23. The van der Waals surface area contributed by atoms with Crippen LogP contribution in [0.4, 0.5) is 15.8 Å². The molecule has 1 fully saturated rings. The number of carbonyl (C=O) groups is 1. The lowest BCUT2D eigenvalue weighted by atomic mass is 10.1. The van der Waals surface area contributed by atoms with Crippen molar-refractivity contribution in [2.24, 2.45) is 0 Å². The summed E-state index contributed by atoms with van der Waals surface area (Å²) in [6, 6.07) is 8.44. The van der Waals surface area contributed by atoms with Gasteiger partial charge in [-0.05, 0) is 94.2 Å². The molecule has 0 saturated heterocycles. The van der Waals surface area contributed by atoms with E-state index in [1.807, 2.05) is 25.1 Å². The smallest absolute Gasteiger partial charge is 0.277 e. The van der Waals surface area contributed by atoms with Crippen LogP contribution in [0.5, 0.6) is 0 Å². The van der Waals surface area contributed by atoms with Gasteiger partial charge in [0.1, 0.15) is 11.4 Å². The van der Waals surface area contributed by atoms with Crippen molar-refractivity contribution in [1.82, 2.24) is 5.48 Å². The maximum absolute atomic E-state index is 14.0. The first-order valence-electron chi connectivity index (χ1n) is 7.95. The minimum atomic E-state index is -0.687. The molecule has 0 aromatic heterocycles. The molecule has 3 N–H and O–H groups in total. The van der Waals surface area contributed by atoms with Gasteiger partial charge in [0.25, 0.3) is 5.91 Å². The molecule has 0 heterocycles. The molecule has 0 spiro atoms. The molecule has 0 radical (unpaired) electrons. The van der Waals surface area contributed by atoms with Gasteiger partial charge in [-0.25, -0.2) is 9.87 Å². The van der Waals surface area contributed by atoms with E-state index >= 15 is 0 Å². The van der Waals surface area contributed by atoms with Crippen molar-refractivity contribution in [3.05, 3.63) is 55.3 Å². The molecule has 26 heavy (non-hydrogen) atoms. The molecule has 2 aromatic carbocycles. The van der Waals surface area contributed by atoms with Crippen LogP contribution in [0.25, 0.3) is 0 Å². The van der Waals surface area contributed by atoms with Gasteiger partial charge in [-0.3, -0.25) is 9.63 Å². The number of benzene rings is 2. The number of hydroxylamine groups is 1. The minimum Gasteiger partial charge on any atom is -0.393 e. The second-order valence-electron chi connectivity index (χ2n) is 6.27. The van der Waals surface area contributed by atoms with E-state index in [0.29, 0.717) is 18.5 Å². The van der Waals surface area contributed by atoms with Crippen LogP contribution < -0.4 is 10.8 Å². The van der Waals surface area contributed by atoms with Gasteiger partial charge in [0.05, 0.1) is 22.3 Å². The van der Waals surface area contributed by atoms with Crippen molar-refractivity contribution in [2.45, 2.75) is 25.4 Å². The number of nitrogens with one attached hydrogen (secondary N) is 2. The number of carbonyl (C=O) groups excluding carboxylic acids is 1. The fourth-order valence-corrected chi connectivity index (χ4v) is 3.38. The van der Waals surface area contributed by atoms with Crippen LogP contribution in [0.3, 0.4) is 0 Å². The molecule has 2 aromatic rings. The Bertz CT molecular complexity index is 859. The Labute approximate surface area is 172 Å². The lowest BCUT2D eigenvalue weighted by molar-refractivity contribution is -0.0566. The Morgan fingerprint density at radius 1 is 1.35 bits per heavy atom. The van der Waals surface area contributed by atoms with Gasteiger partial charge in [0.15, 0.2) is 0 Å². The fourth-order valence-electron chi connectivity index (χ4n) is 2.39. The summed E-state index contributed by atoms with van der Waals surface area (Å²) >= 11 is 5.32. The number of anilines is 2. The van der Waals surface area contributed by atoms with Crippen molar-refractivity contribution in [1.29, 1.82) is 0 Å². The summed E-state index contributed by atoms with van der Waals surface area (Å²) in [7, 11) is 0. The molecule has 0 atom stereocenters. The highest BCUT2D eigenvalue weighted by Gasteiger charge is 2.45. The molecule has 1 aliphatic carbocycles. The number of amides is 1. The summed E-state index contributed by atoms with van der Waals surface area (Å²) in [5, 5.41) is 12.4. The van der Waals surface area contributed by atoms with Crippen molar-refractivity contribution in [3.63, 3.8) is 0 Å². The molecule has 8 heteroatoms. The van der Waals surface area contributed by atoms with Crippen molar-refractivity contribution in [3.8, 4) is 0 Å². The predicted molar refractivity (Wildman–Crippen MR) is 109 cm³/mol. The maximum Gasteiger partial charge on any atom is 0.277 e. The first-order chi connectivity index (χ1) is 12.3. The maximum atomic E-state index is 14.0. The van der Waals surface area contributed by atoms with E-state index in [1.165, 1.54) is 12.1 Å². The first kappa shape index (κ1) is 19.5. The molecular weight excluding hydrogens is 518 g/mol. The fraction of sp³-hybridized carbons (Fsp3) is 0.278. The third-order valence-corrected chi connectivity index (χ3v) is 5.50. The van der Waals surface area contributed by atoms with Crippen LogP contribution in [-0.4, -0.2) is 23.2 Å². The molecule has 1 amide bonds. The molecule has 0 aliphatic heterocycles. The molecule has 0 bridgehead atoms. The van der Waals surface area contributed by atoms with Crippen LogP contribution in [0, 0.1) is 16.3 Å². The van der Waals surface area contributed by atoms with E-state index in [9.17, 15) is 14.3 Å². The summed E-state index contributed by atoms with van der Waals surface area (Å²) in [6.45, 7) is 1.77. The van der Waals surface area contributed by atoms with E-state index in [2.05, 4.69) is 49.3 Å². The number of aliphatic hydroxyl groups excluding tert-OH is 1. The standard InChI is InChI=1S/C18H17BrFIN2O3/c1-10-6-11(21)2-3-15(10)22-16-8-14(20)13(19)7-12(16)17(25)23-26-18(9-24)4-5-18/h2-3,6-8,22,24H,4-5,9H2,1H3,(H,23,25). The quantitative estimate of drug-likeness (QED) is 0.379. The summed E-state index contributed by atoms with van der Waals surface area (Å²) in [6.07, 6.45) is 1.37. The molecule has 0 unspecified atom stereocenters. The largest absolute Gasteiger partial charge is 0.393 e. The number of halogens is 3. The predicted octanol–water partition coefficient (Wildman–Crippen LogP) is 4.43. The lowest BCUT2D eigenvalue weighted by Crippen LogP contribution is -2.33. The van der Waals surface area contributed by atoms with E-state index in [0.717, 1.165) is 14.8 Å². The highest BCUT2D eigenvalue weighted by atomic mass is 127. The summed E-state index contributed by atoms with van der Waals surface area (Å²) in [5.41, 5.74) is 3.98. The van der Waals surface area contributed by atoms with Gasteiger partial charge < -0.3 is 10.4 Å². The van der Waals surface area contributed by atoms with Crippen molar-refractivity contribution in [2.75, 3.05) is 11.9 Å². The van der Waals surface area contributed by atoms with Crippen LogP contribution in [0.15, 0.2) is 34.8 Å². The van der Waals surface area contributed by atoms with Gasteiger partial charge in [0.2, 0.25) is 0 Å². The topological polar surface area (TPSA) is 70.6 Å². The van der Waals surface area contributed by atoms with Crippen LogP contribution >= 0.6 is 38.5 Å². The minimum absolute atomic E-state index is 0.159. The summed E-state index contributed by atoms with van der Waals surface area (Å²) in [4.78, 5) is 17.9. The Kier molecular flexibility index (Phi) is 5.85. The molecule has 1 saturated carbocycles. The van der Waals surface area contributed by atoms with Gasteiger partial charge in [-0.2, -0.15) is 0 Å². The number of aryl methyl sites for hydroxylation is 1. The van der Waals surface area contributed by atoms with Gasteiger partial charge in [0, 0.05) is 9.26 Å².